The van der Waals surface area contributed by atoms with Gasteiger partial charge in [0.2, 0.25) is 24.0 Å². The predicted molar refractivity (Wildman–Crippen MR) is 169 cm³/mol. The van der Waals surface area contributed by atoms with Gasteiger partial charge in [-0.1, -0.05) is 92.0 Å². The Balaban J connectivity index is 1.82. The van der Waals surface area contributed by atoms with E-state index in [-0.39, 0.29) is 27.7 Å². The van der Waals surface area contributed by atoms with Crippen molar-refractivity contribution in [3.05, 3.63) is 102 Å². The van der Waals surface area contributed by atoms with Gasteiger partial charge in [0, 0.05) is 52.6 Å². The van der Waals surface area contributed by atoms with Crippen LogP contribution >= 0.6 is 7.14 Å². The molecule has 1 heterocycles. The molecular formula is C34H35N2O6P. The number of Topliss-reactive ketones (excluding diaryl/α,β-unsaturated/α-hetero) is 1. The van der Waals surface area contributed by atoms with Crippen LogP contribution in [0.2, 0.25) is 0 Å². The van der Waals surface area contributed by atoms with E-state index >= 15 is 0 Å². The molecule has 1 atom stereocenters. The van der Waals surface area contributed by atoms with Crippen LogP contribution in [0.4, 0.5) is 0 Å². The molecule has 0 saturated heterocycles. The number of hydrogen-bond acceptors (Lipinski definition) is 7. The lowest BCUT2D eigenvalue weighted by molar-refractivity contribution is -0.140. The standard InChI is InChI=1S/C34H35N2O6P/c1-4-6-7-14-19-30(35-42-24(3)37)32(38)29-23-36(5-2)31-21-20-26(22-28(29)31)34(40)43(41,27-17-12-9-13-18-27)33(39)25-15-10-8-11-16-25/h8-13,15-18,20-23H,4-7,14,19H2,1-3H3/b35-30+. The first kappa shape index (κ1) is 31.5. The van der Waals surface area contributed by atoms with E-state index in [4.69, 9.17) is 4.84 Å². The summed E-state index contributed by atoms with van der Waals surface area (Å²) in [5.41, 5.74) is -0.284. The van der Waals surface area contributed by atoms with Gasteiger partial charge >= 0.3 is 5.97 Å². The summed E-state index contributed by atoms with van der Waals surface area (Å²) >= 11 is 0. The van der Waals surface area contributed by atoms with Crippen LogP contribution in [0.15, 0.2) is 90.2 Å². The number of fused-ring (bicyclic) bond motifs is 1. The zero-order valence-electron chi connectivity index (χ0n) is 24.6. The molecule has 222 valence electrons. The number of unbranched alkanes of at least 4 members (excludes halogenated alkanes) is 3. The molecule has 0 aliphatic rings. The van der Waals surface area contributed by atoms with Gasteiger partial charge in [0.25, 0.3) is 0 Å². The first-order valence-electron chi connectivity index (χ1n) is 14.4. The molecule has 0 aliphatic carbocycles. The van der Waals surface area contributed by atoms with Crippen LogP contribution in [0.1, 0.15) is 83.9 Å². The average molecular weight is 599 g/mol. The van der Waals surface area contributed by atoms with Crippen molar-refractivity contribution in [2.24, 2.45) is 5.16 Å². The van der Waals surface area contributed by atoms with Gasteiger partial charge in [0.1, 0.15) is 5.71 Å². The van der Waals surface area contributed by atoms with Crippen molar-refractivity contribution < 1.29 is 28.6 Å². The Labute approximate surface area is 251 Å². The molecule has 0 radical (unpaired) electrons. The van der Waals surface area contributed by atoms with Gasteiger partial charge in [0.05, 0.1) is 0 Å². The van der Waals surface area contributed by atoms with Crippen LogP contribution in [0.25, 0.3) is 10.9 Å². The van der Waals surface area contributed by atoms with E-state index in [9.17, 15) is 23.7 Å². The van der Waals surface area contributed by atoms with E-state index in [1.165, 1.54) is 43.3 Å². The summed E-state index contributed by atoms with van der Waals surface area (Å²) < 4.78 is 16.5. The molecule has 0 spiro atoms. The second-order valence-electron chi connectivity index (χ2n) is 10.2. The molecule has 4 aromatic rings. The average Bonchev–Trinajstić information content (AvgIpc) is 3.41. The van der Waals surface area contributed by atoms with Gasteiger partial charge in [-0.3, -0.25) is 14.4 Å². The van der Waals surface area contributed by atoms with E-state index in [0.29, 0.717) is 30.3 Å². The fraction of sp³-hybridized carbons (Fsp3) is 0.265. The summed E-state index contributed by atoms with van der Waals surface area (Å²) in [5, 5.41) is 4.48. The second-order valence-corrected chi connectivity index (χ2v) is 12.8. The monoisotopic (exact) mass is 598 g/mol. The van der Waals surface area contributed by atoms with Crippen molar-refractivity contribution in [3.8, 4) is 0 Å². The summed E-state index contributed by atoms with van der Waals surface area (Å²) in [6.45, 7) is 5.76. The molecule has 43 heavy (non-hydrogen) atoms. The summed E-state index contributed by atoms with van der Waals surface area (Å²) in [7, 11) is -4.33. The maximum atomic E-state index is 14.6. The molecule has 1 unspecified atom stereocenters. The minimum absolute atomic E-state index is 0.0493. The molecule has 0 saturated carbocycles. The molecule has 8 nitrogen and oxygen atoms in total. The van der Waals surface area contributed by atoms with Gasteiger partial charge < -0.3 is 14.0 Å². The number of aryl methyl sites for hydroxylation is 1. The zero-order valence-corrected chi connectivity index (χ0v) is 25.5. The lowest BCUT2D eigenvalue weighted by Gasteiger charge is -2.17. The fourth-order valence-electron chi connectivity index (χ4n) is 4.98. The number of nitrogens with zero attached hydrogens (tertiary/aromatic N) is 2. The van der Waals surface area contributed by atoms with E-state index < -0.39 is 29.9 Å². The molecule has 0 N–H and O–H groups in total. The predicted octanol–water partition coefficient (Wildman–Crippen LogP) is 7.40. The van der Waals surface area contributed by atoms with Crippen molar-refractivity contribution >= 4 is 51.9 Å². The van der Waals surface area contributed by atoms with Crippen molar-refractivity contribution in [3.63, 3.8) is 0 Å². The van der Waals surface area contributed by atoms with Gasteiger partial charge in [-0.25, -0.2) is 4.79 Å². The SMILES string of the molecule is CCCCCC/C(=N\OC(C)=O)C(=O)c1cn(CC)c2ccc(C(=O)P(=O)(C(=O)c3ccccc3)c3ccccc3)cc12. The summed E-state index contributed by atoms with van der Waals surface area (Å²) in [4.78, 5) is 58.1. The van der Waals surface area contributed by atoms with Crippen molar-refractivity contribution in [1.29, 1.82) is 0 Å². The molecule has 0 fully saturated rings. The molecular weight excluding hydrogens is 563 g/mol. The topological polar surface area (TPSA) is 112 Å². The number of ketones is 1. The van der Waals surface area contributed by atoms with E-state index in [1.54, 1.807) is 48.7 Å². The first-order chi connectivity index (χ1) is 20.7. The number of aromatic nitrogens is 1. The summed E-state index contributed by atoms with van der Waals surface area (Å²) in [6.07, 6.45) is 5.60. The quantitative estimate of drug-likeness (QED) is 0.0373. The van der Waals surface area contributed by atoms with Crippen LogP contribution in [-0.2, 0) is 20.7 Å². The summed E-state index contributed by atoms with van der Waals surface area (Å²) in [5.74, 6) is -1.06. The third-order valence-corrected chi connectivity index (χ3v) is 9.93. The number of hydrogen-bond donors (Lipinski definition) is 0. The highest BCUT2D eigenvalue weighted by Gasteiger charge is 2.42. The van der Waals surface area contributed by atoms with Gasteiger partial charge in [-0.2, -0.15) is 0 Å². The Morgan fingerprint density at radius 3 is 2.09 bits per heavy atom. The van der Waals surface area contributed by atoms with Crippen molar-refractivity contribution in [1.82, 2.24) is 4.57 Å². The minimum Gasteiger partial charge on any atom is -0.347 e. The number of benzene rings is 3. The van der Waals surface area contributed by atoms with E-state index in [1.807, 2.05) is 11.5 Å². The largest absolute Gasteiger partial charge is 0.347 e. The molecule has 0 bridgehead atoms. The Bertz CT molecular complexity index is 1720. The van der Waals surface area contributed by atoms with Crippen molar-refractivity contribution in [2.45, 2.75) is 59.4 Å². The number of carbonyl (C=O) groups excluding carboxylic acids is 4. The van der Waals surface area contributed by atoms with Crippen molar-refractivity contribution in [2.75, 3.05) is 0 Å². The smallest absolute Gasteiger partial charge is 0.331 e. The zero-order chi connectivity index (χ0) is 31.0. The molecule has 4 rings (SSSR count). The van der Waals surface area contributed by atoms with Gasteiger partial charge in [-0.05, 0) is 38.0 Å². The Kier molecular flexibility index (Phi) is 10.4. The Morgan fingerprint density at radius 2 is 1.47 bits per heavy atom. The molecule has 1 aromatic heterocycles. The maximum absolute atomic E-state index is 14.6. The second kappa shape index (κ2) is 14.2. The van der Waals surface area contributed by atoms with Crippen LogP contribution in [0.5, 0.6) is 0 Å². The molecule has 3 aromatic carbocycles. The highest BCUT2D eigenvalue weighted by Crippen LogP contribution is 2.51. The van der Waals surface area contributed by atoms with E-state index in [0.717, 1.165) is 19.3 Å². The fourth-order valence-corrected chi connectivity index (χ4v) is 7.24. The van der Waals surface area contributed by atoms with Crippen LogP contribution in [-0.4, -0.2) is 33.1 Å². The normalized spacial score (nSPS) is 13.0. The van der Waals surface area contributed by atoms with E-state index in [2.05, 4.69) is 12.1 Å². The Hall–Kier alpha value is -4.42. The summed E-state index contributed by atoms with van der Waals surface area (Å²) in [6, 6.07) is 20.9. The van der Waals surface area contributed by atoms with Gasteiger partial charge in [0.15, 0.2) is 0 Å². The highest BCUT2D eigenvalue weighted by atomic mass is 31.2. The number of rotatable bonds is 14. The van der Waals surface area contributed by atoms with Gasteiger partial charge in [-0.15, -0.1) is 0 Å². The first-order valence-corrected chi connectivity index (χ1v) is 16.2. The third-order valence-electron chi connectivity index (χ3n) is 7.24. The number of oxime groups is 1. The third kappa shape index (κ3) is 6.81. The molecule has 0 aliphatic heterocycles. The minimum atomic E-state index is -4.33. The van der Waals surface area contributed by atoms with Crippen LogP contribution < -0.4 is 5.30 Å². The molecule has 9 heteroatoms. The molecule has 0 amide bonds. The van der Waals surface area contributed by atoms with Crippen LogP contribution in [0.3, 0.4) is 0 Å². The number of carbonyl (C=O) groups is 4. The lowest BCUT2D eigenvalue weighted by atomic mass is 10.0. The van der Waals surface area contributed by atoms with Crippen LogP contribution in [0, 0.1) is 0 Å². The maximum Gasteiger partial charge on any atom is 0.331 e. The Morgan fingerprint density at radius 1 is 0.814 bits per heavy atom. The lowest BCUT2D eigenvalue weighted by Crippen LogP contribution is -2.20. The highest BCUT2D eigenvalue weighted by molar-refractivity contribution is 8.01.